The largest absolute Gasteiger partial charge is 0.399 e. The van der Waals surface area contributed by atoms with E-state index in [1.54, 1.807) is 54.6 Å². The highest BCUT2D eigenvalue weighted by Crippen LogP contribution is 2.21. The van der Waals surface area contributed by atoms with Gasteiger partial charge in [0.05, 0.1) is 10.7 Å². The van der Waals surface area contributed by atoms with Gasteiger partial charge in [0.2, 0.25) is 0 Å². The Hall–Kier alpha value is -3.62. The van der Waals surface area contributed by atoms with Crippen LogP contribution in [0.5, 0.6) is 0 Å². The molecule has 1 heterocycles. The van der Waals surface area contributed by atoms with Gasteiger partial charge < -0.3 is 16.4 Å². The van der Waals surface area contributed by atoms with Crippen molar-refractivity contribution < 1.29 is 9.59 Å². The number of aromatic nitrogens is 1. The van der Waals surface area contributed by atoms with Crippen molar-refractivity contribution in [2.45, 2.75) is 13.5 Å². The molecule has 0 saturated carbocycles. The molecular formula is C23H22ClN5O2S. The maximum absolute atomic E-state index is 12.7. The van der Waals surface area contributed by atoms with Gasteiger partial charge >= 0.3 is 6.03 Å². The fourth-order valence-corrected chi connectivity index (χ4v) is 3.58. The normalized spacial score (nSPS) is 10.1. The second-order valence-corrected chi connectivity index (χ2v) is 8.38. The lowest BCUT2D eigenvalue weighted by molar-refractivity contribution is 0.102. The van der Waals surface area contributed by atoms with Crippen LogP contribution in [0.3, 0.4) is 0 Å². The molecule has 0 fully saturated rings. The van der Waals surface area contributed by atoms with Crippen molar-refractivity contribution >= 4 is 51.4 Å². The second kappa shape index (κ2) is 11.1. The molecule has 0 bridgehead atoms. The zero-order valence-electron chi connectivity index (χ0n) is 17.3. The summed E-state index contributed by atoms with van der Waals surface area (Å²) >= 11 is 7.36. The number of nitrogens with zero attached hydrogens (tertiary/aromatic N) is 1. The van der Waals surface area contributed by atoms with Gasteiger partial charge in [-0.3, -0.25) is 10.1 Å². The SMILES string of the molecule is Cc1cc(C(=O)Nc2ccccc2Cl)cccnc(NC(=O)NCc2ccc(N)cc2)s1. The van der Waals surface area contributed by atoms with Crippen molar-refractivity contribution in [3.63, 3.8) is 0 Å². The van der Waals surface area contributed by atoms with E-state index in [-0.39, 0.29) is 5.91 Å². The highest BCUT2D eigenvalue weighted by Gasteiger charge is 2.08. The first-order valence-electron chi connectivity index (χ1n) is 9.66. The molecule has 7 nitrogen and oxygen atoms in total. The fraction of sp³-hybridized carbons (Fsp3) is 0.0870. The van der Waals surface area contributed by atoms with E-state index in [1.165, 1.54) is 17.5 Å². The van der Waals surface area contributed by atoms with Crippen LogP contribution >= 0.6 is 22.9 Å². The summed E-state index contributed by atoms with van der Waals surface area (Å²) in [4.78, 5) is 30.0. The molecule has 164 valence electrons. The van der Waals surface area contributed by atoms with Crippen LogP contribution in [0.2, 0.25) is 5.02 Å². The Balaban J connectivity index is 1.70. The summed E-state index contributed by atoms with van der Waals surface area (Å²) in [7, 11) is 0. The molecule has 0 aliphatic heterocycles. The van der Waals surface area contributed by atoms with E-state index in [9.17, 15) is 9.59 Å². The predicted octanol–water partition coefficient (Wildman–Crippen LogP) is 5.39. The zero-order chi connectivity index (χ0) is 22.9. The minimum absolute atomic E-state index is 0.305. The number of hydrogen-bond acceptors (Lipinski definition) is 5. The van der Waals surface area contributed by atoms with Crippen molar-refractivity contribution in [1.29, 1.82) is 0 Å². The van der Waals surface area contributed by atoms with Crippen LogP contribution in [-0.2, 0) is 6.54 Å². The molecule has 3 amide bonds. The van der Waals surface area contributed by atoms with Crippen LogP contribution in [0.4, 0.5) is 21.3 Å². The van der Waals surface area contributed by atoms with Crippen LogP contribution < -0.4 is 21.7 Å². The summed E-state index contributed by atoms with van der Waals surface area (Å²) in [5, 5.41) is 9.13. The first-order chi connectivity index (χ1) is 15.4. The summed E-state index contributed by atoms with van der Waals surface area (Å²) < 4.78 is 0. The molecular weight excluding hydrogens is 446 g/mol. The molecule has 3 aromatic rings. The van der Waals surface area contributed by atoms with Gasteiger partial charge in [-0.15, -0.1) is 11.3 Å². The minimum atomic E-state index is -0.391. The maximum atomic E-state index is 12.7. The van der Waals surface area contributed by atoms with Gasteiger partial charge in [0.15, 0.2) is 5.13 Å². The van der Waals surface area contributed by atoms with Gasteiger partial charge in [-0.05, 0) is 55.0 Å². The summed E-state index contributed by atoms with van der Waals surface area (Å²) in [6.07, 6.45) is 1.51. The molecule has 32 heavy (non-hydrogen) atoms. The third kappa shape index (κ3) is 6.97. The molecule has 0 spiro atoms. The van der Waals surface area contributed by atoms with Gasteiger partial charge in [-0.25, -0.2) is 9.78 Å². The van der Waals surface area contributed by atoms with Crippen LogP contribution in [0.15, 0.2) is 72.9 Å². The third-order valence-electron chi connectivity index (χ3n) is 4.21. The average Bonchev–Trinajstić information content (AvgIpc) is 2.85. The average molecular weight is 468 g/mol. The number of nitrogen functional groups attached to an aromatic ring is 1. The minimum Gasteiger partial charge on any atom is -0.399 e. The summed E-state index contributed by atoms with van der Waals surface area (Å²) in [5.74, 6) is -0.305. The molecule has 0 aliphatic rings. The molecule has 5 N–H and O–H groups in total. The number of halogens is 1. The zero-order valence-corrected chi connectivity index (χ0v) is 18.8. The van der Waals surface area contributed by atoms with Crippen molar-refractivity contribution in [3.8, 4) is 0 Å². The highest BCUT2D eigenvalue weighted by atomic mass is 35.5. The van der Waals surface area contributed by atoms with Gasteiger partial charge in [0, 0.05) is 28.9 Å². The van der Waals surface area contributed by atoms with Gasteiger partial charge in [0.1, 0.15) is 0 Å². The Labute approximate surface area is 195 Å². The van der Waals surface area contributed by atoms with E-state index < -0.39 is 6.03 Å². The molecule has 3 rings (SSSR count). The molecule has 2 aromatic carbocycles. The smallest absolute Gasteiger partial charge is 0.321 e. The number of carbonyl (C=O) groups excluding carboxylic acids is 2. The molecule has 1 aromatic heterocycles. The Bertz CT molecular complexity index is 1160. The number of carbonyl (C=O) groups is 2. The first-order valence-corrected chi connectivity index (χ1v) is 10.9. The number of anilines is 3. The van der Waals surface area contributed by atoms with Gasteiger partial charge in [0.25, 0.3) is 5.91 Å². The quantitative estimate of drug-likeness (QED) is 0.377. The topological polar surface area (TPSA) is 109 Å². The number of benzene rings is 2. The molecule has 0 saturated heterocycles. The van der Waals surface area contributed by atoms with Crippen LogP contribution in [-0.4, -0.2) is 16.9 Å². The number of rotatable bonds is 5. The molecule has 0 aliphatic carbocycles. The van der Waals surface area contributed by atoms with Crippen molar-refractivity contribution in [1.82, 2.24) is 10.3 Å². The first kappa shape index (κ1) is 23.1. The van der Waals surface area contributed by atoms with Gasteiger partial charge in [-0.2, -0.15) is 0 Å². The number of urea groups is 1. The van der Waals surface area contributed by atoms with E-state index in [0.717, 1.165) is 10.4 Å². The Kier molecular flexibility index (Phi) is 8.02. The van der Waals surface area contributed by atoms with E-state index >= 15 is 0 Å². The van der Waals surface area contributed by atoms with Crippen molar-refractivity contribution in [2.75, 3.05) is 16.4 Å². The van der Waals surface area contributed by atoms with E-state index in [4.69, 9.17) is 17.3 Å². The Morgan fingerprint density at radius 3 is 2.53 bits per heavy atom. The standard InChI is InChI=1S/C23H22ClN5O2S/c1-15-13-17(21(30)28-20-7-3-2-6-19(20)24)5-4-12-26-23(32-15)29-22(31)27-14-16-8-10-18(25)11-9-16/h2-13H,14,25H2,1H3,(H,28,30)(H2,26,27,29,31). The predicted molar refractivity (Wildman–Crippen MR) is 131 cm³/mol. The number of hydrogen-bond donors (Lipinski definition) is 4. The van der Waals surface area contributed by atoms with Crippen molar-refractivity contribution in [3.05, 3.63) is 94.0 Å². The Morgan fingerprint density at radius 1 is 1.03 bits per heavy atom. The number of para-hydroxylation sites is 1. The number of nitrogens with two attached hydrogens (primary N) is 1. The van der Waals surface area contributed by atoms with Crippen molar-refractivity contribution in [2.24, 2.45) is 0 Å². The lowest BCUT2D eigenvalue weighted by Crippen LogP contribution is -2.28. The maximum Gasteiger partial charge on any atom is 0.321 e. The van der Waals surface area contributed by atoms with E-state index in [2.05, 4.69) is 20.9 Å². The van der Waals surface area contributed by atoms with E-state index in [1.807, 2.05) is 19.1 Å². The summed E-state index contributed by atoms with van der Waals surface area (Å²) in [5.41, 5.74) is 8.21. The monoisotopic (exact) mass is 467 g/mol. The number of aryl methyl sites for hydroxylation is 1. The van der Waals surface area contributed by atoms with Crippen LogP contribution in [0, 0.1) is 6.92 Å². The van der Waals surface area contributed by atoms with Crippen LogP contribution in [0.25, 0.3) is 0 Å². The lowest BCUT2D eigenvalue weighted by Gasteiger charge is -2.07. The molecule has 0 atom stereocenters. The summed E-state index contributed by atoms with van der Waals surface area (Å²) in [6, 6.07) is 18.9. The number of nitrogens with one attached hydrogen (secondary N) is 3. The lowest BCUT2D eigenvalue weighted by atomic mass is 10.2. The van der Waals surface area contributed by atoms with E-state index in [0.29, 0.717) is 33.6 Å². The van der Waals surface area contributed by atoms with Gasteiger partial charge in [-0.1, -0.05) is 35.9 Å². The molecule has 0 unspecified atom stereocenters. The molecule has 9 heteroatoms. The second-order valence-electron chi connectivity index (χ2n) is 6.74. The summed E-state index contributed by atoms with van der Waals surface area (Å²) in [6.45, 7) is 2.18. The van der Waals surface area contributed by atoms with Crippen LogP contribution in [0.1, 0.15) is 20.8 Å². The number of amides is 3. The Morgan fingerprint density at radius 2 is 1.78 bits per heavy atom. The fourth-order valence-electron chi connectivity index (χ4n) is 2.65. The third-order valence-corrected chi connectivity index (χ3v) is 5.38. The highest BCUT2D eigenvalue weighted by molar-refractivity contribution is 7.15. The molecule has 0 radical (unpaired) electrons.